The SMILES string of the molecule is CCNc1ncnc(NCC2(CC)CCC2)c1C(C)C. The van der Waals surface area contributed by atoms with E-state index in [1.807, 2.05) is 0 Å². The summed E-state index contributed by atoms with van der Waals surface area (Å²) < 4.78 is 0. The van der Waals surface area contributed by atoms with E-state index in [2.05, 4.69) is 48.3 Å². The lowest BCUT2D eigenvalue weighted by Crippen LogP contribution is -2.36. The minimum Gasteiger partial charge on any atom is -0.370 e. The second-order valence-corrected chi connectivity index (χ2v) is 6.23. The molecule has 0 saturated heterocycles. The Morgan fingerprint density at radius 2 is 1.80 bits per heavy atom. The highest BCUT2D eigenvalue weighted by Gasteiger charge is 2.35. The van der Waals surface area contributed by atoms with Gasteiger partial charge in [-0.05, 0) is 37.5 Å². The second-order valence-electron chi connectivity index (χ2n) is 6.23. The number of anilines is 2. The minimum absolute atomic E-state index is 0.409. The highest BCUT2D eigenvalue weighted by atomic mass is 15.1. The number of nitrogens with zero attached hydrogens (tertiary/aromatic N) is 2. The first-order valence-electron chi connectivity index (χ1n) is 7.94. The maximum absolute atomic E-state index is 4.48. The topological polar surface area (TPSA) is 49.8 Å². The Bertz CT molecular complexity index is 433. The maximum Gasteiger partial charge on any atom is 0.135 e. The van der Waals surface area contributed by atoms with E-state index in [9.17, 15) is 0 Å². The van der Waals surface area contributed by atoms with Gasteiger partial charge in [-0.2, -0.15) is 0 Å². The molecular weight excluding hydrogens is 248 g/mol. The standard InChI is InChI=1S/C16H28N4/c1-5-16(8-7-9-16)10-18-15-13(12(3)4)14(17-6-2)19-11-20-15/h11-12H,5-10H2,1-4H3,(H2,17,18,19,20). The Morgan fingerprint density at radius 1 is 1.15 bits per heavy atom. The van der Waals surface area contributed by atoms with Gasteiger partial charge in [-0.25, -0.2) is 9.97 Å². The van der Waals surface area contributed by atoms with E-state index in [-0.39, 0.29) is 0 Å². The summed E-state index contributed by atoms with van der Waals surface area (Å²) in [6.07, 6.45) is 6.98. The number of aromatic nitrogens is 2. The lowest BCUT2D eigenvalue weighted by molar-refractivity contribution is 0.145. The van der Waals surface area contributed by atoms with Gasteiger partial charge in [-0.1, -0.05) is 27.2 Å². The Labute approximate surface area is 122 Å². The molecule has 0 bridgehead atoms. The van der Waals surface area contributed by atoms with Gasteiger partial charge in [0.1, 0.15) is 18.0 Å². The van der Waals surface area contributed by atoms with Gasteiger partial charge < -0.3 is 10.6 Å². The molecule has 0 atom stereocenters. The molecule has 20 heavy (non-hydrogen) atoms. The highest BCUT2D eigenvalue weighted by Crippen LogP contribution is 2.44. The van der Waals surface area contributed by atoms with Crippen molar-refractivity contribution >= 4 is 11.6 Å². The van der Waals surface area contributed by atoms with Gasteiger partial charge in [0.25, 0.3) is 0 Å². The van der Waals surface area contributed by atoms with Crippen LogP contribution in [0.4, 0.5) is 11.6 Å². The first-order valence-corrected chi connectivity index (χ1v) is 7.94. The first-order chi connectivity index (χ1) is 9.62. The van der Waals surface area contributed by atoms with Crippen molar-refractivity contribution in [2.45, 2.75) is 59.3 Å². The Balaban J connectivity index is 2.16. The number of rotatable bonds is 7. The van der Waals surface area contributed by atoms with Crippen LogP contribution in [-0.2, 0) is 0 Å². The summed E-state index contributed by atoms with van der Waals surface area (Å²) in [6, 6.07) is 0. The van der Waals surface area contributed by atoms with Crippen molar-refractivity contribution < 1.29 is 0 Å². The lowest BCUT2D eigenvalue weighted by atomic mass is 9.67. The van der Waals surface area contributed by atoms with E-state index in [1.165, 1.54) is 31.2 Å². The van der Waals surface area contributed by atoms with Crippen molar-refractivity contribution in [2.75, 3.05) is 23.7 Å². The molecule has 0 aliphatic heterocycles. The van der Waals surface area contributed by atoms with Crippen molar-refractivity contribution in [3.8, 4) is 0 Å². The molecular formula is C16H28N4. The molecule has 1 aromatic rings. The fourth-order valence-electron chi connectivity index (χ4n) is 2.99. The summed E-state index contributed by atoms with van der Waals surface area (Å²) in [5, 5.41) is 6.94. The Hall–Kier alpha value is -1.32. The molecule has 1 aliphatic rings. The van der Waals surface area contributed by atoms with Gasteiger partial charge in [0, 0.05) is 18.7 Å². The highest BCUT2D eigenvalue weighted by molar-refractivity contribution is 5.59. The van der Waals surface area contributed by atoms with Crippen LogP contribution in [0.1, 0.15) is 64.9 Å². The molecule has 1 aliphatic carbocycles. The van der Waals surface area contributed by atoms with Crippen molar-refractivity contribution in [3.63, 3.8) is 0 Å². The fraction of sp³-hybridized carbons (Fsp3) is 0.750. The van der Waals surface area contributed by atoms with Crippen LogP contribution in [-0.4, -0.2) is 23.1 Å². The van der Waals surface area contributed by atoms with Crippen LogP contribution in [0.25, 0.3) is 0 Å². The summed E-state index contributed by atoms with van der Waals surface area (Å²) in [5.41, 5.74) is 1.71. The molecule has 0 aromatic carbocycles. The van der Waals surface area contributed by atoms with Crippen molar-refractivity contribution in [1.29, 1.82) is 0 Å². The predicted octanol–water partition coefficient (Wildman–Crippen LogP) is 4.02. The summed E-state index contributed by atoms with van der Waals surface area (Å²) in [4.78, 5) is 8.86. The molecule has 4 heteroatoms. The van der Waals surface area contributed by atoms with Crippen LogP contribution in [0.15, 0.2) is 6.33 Å². The third kappa shape index (κ3) is 3.05. The van der Waals surface area contributed by atoms with Crippen LogP contribution in [0, 0.1) is 5.41 Å². The zero-order valence-corrected chi connectivity index (χ0v) is 13.3. The van der Waals surface area contributed by atoms with Crippen molar-refractivity contribution in [1.82, 2.24) is 9.97 Å². The third-order valence-corrected chi connectivity index (χ3v) is 4.60. The minimum atomic E-state index is 0.409. The smallest absolute Gasteiger partial charge is 0.135 e. The van der Waals surface area contributed by atoms with Crippen LogP contribution >= 0.6 is 0 Å². The van der Waals surface area contributed by atoms with E-state index in [0.717, 1.165) is 24.7 Å². The predicted molar refractivity (Wildman–Crippen MR) is 85.3 cm³/mol. The lowest BCUT2D eigenvalue weighted by Gasteiger charge is -2.41. The molecule has 0 amide bonds. The van der Waals surface area contributed by atoms with Gasteiger partial charge in [0.05, 0.1) is 0 Å². The van der Waals surface area contributed by atoms with Gasteiger partial charge in [0.15, 0.2) is 0 Å². The van der Waals surface area contributed by atoms with Crippen LogP contribution in [0.5, 0.6) is 0 Å². The quantitative estimate of drug-likeness (QED) is 0.789. The molecule has 1 heterocycles. The summed E-state index contributed by atoms with van der Waals surface area (Å²) in [5.74, 6) is 2.39. The van der Waals surface area contributed by atoms with E-state index >= 15 is 0 Å². The second kappa shape index (κ2) is 6.42. The molecule has 2 N–H and O–H groups in total. The number of nitrogens with one attached hydrogen (secondary N) is 2. The van der Waals surface area contributed by atoms with E-state index in [4.69, 9.17) is 0 Å². The van der Waals surface area contributed by atoms with Crippen LogP contribution in [0.2, 0.25) is 0 Å². The summed E-state index contributed by atoms with van der Waals surface area (Å²) >= 11 is 0. The number of hydrogen-bond donors (Lipinski definition) is 2. The molecule has 4 nitrogen and oxygen atoms in total. The molecule has 1 aromatic heterocycles. The maximum atomic E-state index is 4.48. The Kier molecular flexibility index (Phi) is 4.84. The third-order valence-electron chi connectivity index (χ3n) is 4.60. The summed E-state index contributed by atoms with van der Waals surface area (Å²) in [6.45, 7) is 10.7. The molecule has 1 fully saturated rings. The monoisotopic (exact) mass is 276 g/mol. The zero-order valence-electron chi connectivity index (χ0n) is 13.3. The molecule has 0 radical (unpaired) electrons. The van der Waals surface area contributed by atoms with Crippen LogP contribution < -0.4 is 10.6 Å². The molecule has 2 rings (SSSR count). The Morgan fingerprint density at radius 3 is 2.25 bits per heavy atom. The van der Waals surface area contributed by atoms with Gasteiger partial charge in [0.2, 0.25) is 0 Å². The first kappa shape index (κ1) is 15.1. The summed E-state index contributed by atoms with van der Waals surface area (Å²) in [7, 11) is 0. The van der Waals surface area contributed by atoms with E-state index in [0.29, 0.717) is 11.3 Å². The fourth-order valence-corrected chi connectivity index (χ4v) is 2.99. The zero-order chi connectivity index (χ0) is 14.6. The number of hydrogen-bond acceptors (Lipinski definition) is 4. The van der Waals surface area contributed by atoms with Gasteiger partial charge >= 0.3 is 0 Å². The molecule has 0 spiro atoms. The van der Waals surface area contributed by atoms with Gasteiger partial charge in [-0.15, -0.1) is 0 Å². The normalized spacial score (nSPS) is 16.9. The van der Waals surface area contributed by atoms with Crippen molar-refractivity contribution in [3.05, 3.63) is 11.9 Å². The van der Waals surface area contributed by atoms with E-state index in [1.54, 1.807) is 6.33 Å². The molecule has 112 valence electrons. The average Bonchev–Trinajstić information content (AvgIpc) is 2.38. The average molecular weight is 276 g/mol. The van der Waals surface area contributed by atoms with Crippen LogP contribution in [0.3, 0.4) is 0 Å². The largest absolute Gasteiger partial charge is 0.370 e. The van der Waals surface area contributed by atoms with E-state index < -0.39 is 0 Å². The molecule has 0 unspecified atom stereocenters. The van der Waals surface area contributed by atoms with Crippen molar-refractivity contribution in [2.24, 2.45) is 5.41 Å². The molecule has 1 saturated carbocycles. The van der Waals surface area contributed by atoms with Gasteiger partial charge in [-0.3, -0.25) is 0 Å².